The molecule has 0 fully saturated rings. The minimum Gasteiger partial charge on any atom is -0.507 e. The number of nitrogens with one attached hydrogen (secondary N) is 1. The number of hydrogen-bond donors (Lipinski definition) is 2. The van der Waals surface area contributed by atoms with Crippen LogP contribution in [0.15, 0.2) is 36.4 Å². The molecule has 2 N–H and O–H groups in total. The van der Waals surface area contributed by atoms with Gasteiger partial charge in [-0.3, -0.25) is 4.79 Å². The van der Waals surface area contributed by atoms with Crippen molar-refractivity contribution >= 4 is 29.2 Å². The molecule has 0 saturated heterocycles. The van der Waals surface area contributed by atoms with E-state index in [1.807, 2.05) is 0 Å². The molecule has 126 valence electrons. The number of amides is 1. The van der Waals surface area contributed by atoms with Crippen molar-refractivity contribution in [1.82, 2.24) is 0 Å². The van der Waals surface area contributed by atoms with Crippen LogP contribution in [0.3, 0.4) is 0 Å². The van der Waals surface area contributed by atoms with E-state index in [9.17, 15) is 14.7 Å². The van der Waals surface area contributed by atoms with Crippen LogP contribution in [0, 0.1) is 13.8 Å². The van der Waals surface area contributed by atoms with E-state index < -0.39 is 18.0 Å². The lowest BCUT2D eigenvalue weighted by Crippen LogP contribution is -2.30. The molecular weight excluding hydrogens is 330 g/mol. The van der Waals surface area contributed by atoms with Crippen LogP contribution in [0.1, 0.15) is 28.4 Å². The Kier molecular flexibility index (Phi) is 5.46. The average molecular weight is 348 g/mol. The van der Waals surface area contributed by atoms with E-state index >= 15 is 0 Å². The van der Waals surface area contributed by atoms with E-state index in [0.717, 1.165) is 11.1 Å². The predicted octanol–water partition coefficient (Wildman–Crippen LogP) is 3.85. The Balaban J connectivity index is 2.07. The van der Waals surface area contributed by atoms with Crippen LogP contribution >= 0.6 is 11.6 Å². The zero-order valence-corrected chi connectivity index (χ0v) is 14.3. The van der Waals surface area contributed by atoms with E-state index in [0.29, 0.717) is 10.7 Å². The van der Waals surface area contributed by atoms with Gasteiger partial charge in [0.15, 0.2) is 6.10 Å². The van der Waals surface area contributed by atoms with Crippen molar-refractivity contribution in [3.63, 3.8) is 0 Å². The smallest absolute Gasteiger partial charge is 0.342 e. The fourth-order valence-corrected chi connectivity index (χ4v) is 2.24. The van der Waals surface area contributed by atoms with Gasteiger partial charge in [0.2, 0.25) is 0 Å². The lowest BCUT2D eigenvalue weighted by molar-refractivity contribution is -0.123. The Morgan fingerprint density at radius 2 is 1.92 bits per heavy atom. The number of aryl methyl sites for hydroxylation is 1. The van der Waals surface area contributed by atoms with Gasteiger partial charge in [-0.15, -0.1) is 0 Å². The molecular formula is C18H18ClNO4. The standard InChI is InChI=1S/C18H18ClNO4/c1-10-7-8-16(21)13(9-10)18(23)24-12(3)17(22)20-15-6-4-5-14(19)11(15)2/h4-9,12,21H,1-3H3,(H,20,22)/t12-/m0/s1. The Labute approximate surface area is 145 Å². The number of phenols is 1. The summed E-state index contributed by atoms with van der Waals surface area (Å²) in [6, 6.07) is 9.72. The van der Waals surface area contributed by atoms with Crippen molar-refractivity contribution < 1.29 is 19.4 Å². The highest BCUT2D eigenvalue weighted by atomic mass is 35.5. The molecule has 0 bridgehead atoms. The molecule has 6 heteroatoms. The number of ether oxygens (including phenoxy) is 1. The minimum absolute atomic E-state index is 0.0218. The molecule has 5 nitrogen and oxygen atoms in total. The Morgan fingerprint density at radius 3 is 2.62 bits per heavy atom. The summed E-state index contributed by atoms with van der Waals surface area (Å²) in [6.45, 7) is 5.02. The maximum absolute atomic E-state index is 12.2. The van der Waals surface area contributed by atoms with Gasteiger partial charge in [-0.2, -0.15) is 0 Å². The van der Waals surface area contributed by atoms with Crippen LogP contribution < -0.4 is 5.32 Å². The van der Waals surface area contributed by atoms with E-state index in [1.54, 1.807) is 38.1 Å². The first-order valence-electron chi connectivity index (χ1n) is 7.36. The van der Waals surface area contributed by atoms with E-state index in [-0.39, 0.29) is 11.3 Å². The van der Waals surface area contributed by atoms with Gasteiger partial charge in [0.25, 0.3) is 5.91 Å². The molecule has 0 saturated carbocycles. The highest BCUT2D eigenvalue weighted by Crippen LogP contribution is 2.23. The van der Waals surface area contributed by atoms with Crippen molar-refractivity contribution in [2.24, 2.45) is 0 Å². The maximum Gasteiger partial charge on any atom is 0.342 e. The number of anilines is 1. The fraction of sp³-hybridized carbons (Fsp3) is 0.222. The molecule has 0 spiro atoms. The molecule has 1 atom stereocenters. The topological polar surface area (TPSA) is 75.6 Å². The first kappa shape index (κ1) is 17.8. The SMILES string of the molecule is Cc1ccc(O)c(C(=O)O[C@@H](C)C(=O)Nc2cccc(Cl)c2C)c1. The van der Waals surface area contributed by atoms with Crippen molar-refractivity contribution in [2.75, 3.05) is 5.32 Å². The molecule has 1 amide bonds. The summed E-state index contributed by atoms with van der Waals surface area (Å²) in [5, 5.41) is 12.9. The lowest BCUT2D eigenvalue weighted by Gasteiger charge is -2.15. The summed E-state index contributed by atoms with van der Waals surface area (Å²) in [4.78, 5) is 24.3. The normalized spacial score (nSPS) is 11.7. The van der Waals surface area contributed by atoms with Gasteiger partial charge in [-0.05, 0) is 50.6 Å². The second-order valence-corrected chi connectivity index (χ2v) is 5.88. The molecule has 2 aromatic carbocycles. The number of benzene rings is 2. The van der Waals surface area contributed by atoms with Crippen LogP contribution in [-0.2, 0) is 9.53 Å². The molecule has 0 heterocycles. The Morgan fingerprint density at radius 1 is 1.21 bits per heavy atom. The second-order valence-electron chi connectivity index (χ2n) is 5.47. The molecule has 0 aliphatic carbocycles. The van der Waals surface area contributed by atoms with Gasteiger partial charge in [0.05, 0.1) is 0 Å². The van der Waals surface area contributed by atoms with Gasteiger partial charge in [-0.25, -0.2) is 4.79 Å². The summed E-state index contributed by atoms with van der Waals surface area (Å²) in [5.74, 6) is -1.44. The molecule has 2 rings (SSSR count). The number of carbonyl (C=O) groups excluding carboxylic acids is 2. The summed E-state index contributed by atoms with van der Waals surface area (Å²) in [5.41, 5.74) is 2.09. The number of halogens is 1. The molecule has 0 aliphatic heterocycles. The van der Waals surface area contributed by atoms with Crippen LogP contribution in [-0.4, -0.2) is 23.1 Å². The number of hydrogen-bond acceptors (Lipinski definition) is 4. The number of aromatic hydroxyl groups is 1. The minimum atomic E-state index is -1.03. The van der Waals surface area contributed by atoms with E-state index in [1.165, 1.54) is 19.1 Å². The molecule has 0 aromatic heterocycles. The first-order chi connectivity index (χ1) is 11.3. The molecule has 24 heavy (non-hydrogen) atoms. The lowest BCUT2D eigenvalue weighted by atomic mass is 10.1. The van der Waals surface area contributed by atoms with Crippen molar-refractivity contribution in [3.05, 3.63) is 58.1 Å². The largest absolute Gasteiger partial charge is 0.507 e. The maximum atomic E-state index is 12.2. The Bertz CT molecular complexity index is 789. The third-order valence-electron chi connectivity index (χ3n) is 3.55. The second kappa shape index (κ2) is 7.36. The number of phenolic OH excluding ortho intramolecular Hbond substituents is 1. The number of esters is 1. The Hall–Kier alpha value is -2.53. The van der Waals surface area contributed by atoms with Gasteiger partial charge in [0, 0.05) is 10.7 Å². The predicted molar refractivity (Wildman–Crippen MR) is 92.5 cm³/mol. The van der Waals surface area contributed by atoms with Gasteiger partial charge in [-0.1, -0.05) is 29.3 Å². The van der Waals surface area contributed by atoms with Gasteiger partial charge in [0.1, 0.15) is 11.3 Å². The summed E-state index contributed by atoms with van der Waals surface area (Å²) < 4.78 is 5.13. The third-order valence-corrected chi connectivity index (χ3v) is 3.96. The van der Waals surface area contributed by atoms with Crippen LogP contribution in [0.4, 0.5) is 5.69 Å². The van der Waals surface area contributed by atoms with Crippen molar-refractivity contribution in [1.29, 1.82) is 0 Å². The first-order valence-corrected chi connectivity index (χ1v) is 7.74. The zero-order chi connectivity index (χ0) is 17.9. The van der Waals surface area contributed by atoms with Crippen LogP contribution in [0.2, 0.25) is 5.02 Å². The highest BCUT2D eigenvalue weighted by molar-refractivity contribution is 6.31. The summed E-state index contributed by atoms with van der Waals surface area (Å²) >= 11 is 6.01. The van der Waals surface area contributed by atoms with Crippen molar-refractivity contribution in [3.8, 4) is 5.75 Å². The highest BCUT2D eigenvalue weighted by Gasteiger charge is 2.21. The molecule has 0 radical (unpaired) electrons. The fourth-order valence-electron chi connectivity index (χ4n) is 2.07. The summed E-state index contributed by atoms with van der Waals surface area (Å²) in [6.07, 6.45) is -1.03. The van der Waals surface area contributed by atoms with E-state index in [4.69, 9.17) is 16.3 Å². The molecule has 0 unspecified atom stereocenters. The van der Waals surface area contributed by atoms with Gasteiger partial charge >= 0.3 is 5.97 Å². The zero-order valence-electron chi connectivity index (χ0n) is 13.6. The van der Waals surface area contributed by atoms with E-state index in [2.05, 4.69) is 5.32 Å². The van der Waals surface area contributed by atoms with Crippen molar-refractivity contribution in [2.45, 2.75) is 26.9 Å². The number of rotatable bonds is 4. The molecule has 0 aliphatic rings. The monoisotopic (exact) mass is 347 g/mol. The number of carbonyl (C=O) groups is 2. The van der Waals surface area contributed by atoms with Crippen LogP contribution in [0.5, 0.6) is 5.75 Å². The average Bonchev–Trinajstić information content (AvgIpc) is 2.53. The molecule has 2 aromatic rings. The van der Waals surface area contributed by atoms with Gasteiger partial charge < -0.3 is 15.2 Å². The third kappa shape index (κ3) is 4.06. The summed E-state index contributed by atoms with van der Waals surface area (Å²) in [7, 11) is 0. The quantitative estimate of drug-likeness (QED) is 0.824. The van der Waals surface area contributed by atoms with Crippen LogP contribution in [0.25, 0.3) is 0 Å².